The van der Waals surface area contributed by atoms with Crippen LogP contribution >= 0.6 is 11.3 Å². The lowest BCUT2D eigenvalue weighted by atomic mass is 10.2. The highest BCUT2D eigenvalue weighted by molar-refractivity contribution is 7.22. The second kappa shape index (κ2) is 5.05. The van der Waals surface area contributed by atoms with Crippen LogP contribution in [0.4, 0.5) is 5.13 Å². The molecule has 6 heteroatoms. The van der Waals surface area contributed by atoms with Crippen LogP contribution in [0.25, 0.3) is 10.2 Å². The molecule has 0 unspecified atom stereocenters. The molecule has 0 atom stereocenters. The van der Waals surface area contributed by atoms with Crippen molar-refractivity contribution in [2.75, 3.05) is 5.32 Å². The molecule has 2 aromatic heterocycles. The van der Waals surface area contributed by atoms with Gasteiger partial charge in [-0.25, -0.2) is 4.98 Å². The van der Waals surface area contributed by atoms with Gasteiger partial charge < -0.3 is 5.32 Å². The zero-order valence-electron chi connectivity index (χ0n) is 11.3. The first-order valence-corrected chi connectivity index (χ1v) is 7.09. The maximum atomic E-state index is 12.0. The zero-order valence-corrected chi connectivity index (χ0v) is 12.1. The molecular formula is C14H14N4OS. The third-order valence-electron chi connectivity index (χ3n) is 3.01. The van der Waals surface area contributed by atoms with Gasteiger partial charge in [-0.05, 0) is 37.6 Å². The molecule has 0 spiro atoms. The zero-order chi connectivity index (χ0) is 14.1. The fourth-order valence-electron chi connectivity index (χ4n) is 1.94. The summed E-state index contributed by atoms with van der Waals surface area (Å²) in [6, 6.07) is 7.92. The van der Waals surface area contributed by atoms with Gasteiger partial charge in [0.1, 0.15) is 6.54 Å². The van der Waals surface area contributed by atoms with Crippen molar-refractivity contribution in [3.63, 3.8) is 0 Å². The molecule has 2 heterocycles. The van der Waals surface area contributed by atoms with Crippen LogP contribution in [-0.4, -0.2) is 20.7 Å². The van der Waals surface area contributed by atoms with Crippen LogP contribution in [0, 0.1) is 13.8 Å². The molecular weight excluding hydrogens is 272 g/mol. The molecule has 0 aliphatic carbocycles. The summed E-state index contributed by atoms with van der Waals surface area (Å²) in [5, 5.41) is 7.54. The average Bonchev–Trinajstić information content (AvgIpc) is 2.95. The van der Waals surface area contributed by atoms with Gasteiger partial charge in [-0.3, -0.25) is 9.48 Å². The van der Waals surface area contributed by atoms with E-state index in [0.29, 0.717) is 5.13 Å². The van der Waals surface area contributed by atoms with Gasteiger partial charge in [0.05, 0.1) is 10.2 Å². The number of anilines is 1. The first-order chi connectivity index (χ1) is 9.61. The number of carbonyl (C=O) groups is 1. The molecule has 0 aliphatic rings. The van der Waals surface area contributed by atoms with Gasteiger partial charge in [-0.15, -0.1) is 0 Å². The van der Waals surface area contributed by atoms with Crippen molar-refractivity contribution in [3.05, 3.63) is 41.7 Å². The topological polar surface area (TPSA) is 59.8 Å². The maximum Gasteiger partial charge on any atom is 0.247 e. The van der Waals surface area contributed by atoms with E-state index in [1.165, 1.54) is 16.9 Å². The lowest BCUT2D eigenvalue weighted by Gasteiger charge is -2.03. The number of nitrogens with zero attached hydrogens (tertiary/aromatic N) is 3. The molecule has 102 valence electrons. The van der Waals surface area contributed by atoms with Crippen molar-refractivity contribution in [1.82, 2.24) is 14.8 Å². The molecule has 1 aromatic carbocycles. The van der Waals surface area contributed by atoms with E-state index in [1.54, 1.807) is 10.9 Å². The van der Waals surface area contributed by atoms with Gasteiger partial charge in [-0.1, -0.05) is 17.4 Å². The Morgan fingerprint density at radius 2 is 2.20 bits per heavy atom. The van der Waals surface area contributed by atoms with Crippen LogP contribution in [0.1, 0.15) is 11.3 Å². The fourth-order valence-corrected chi connectivity index (χ4v) is 2.92. The van der Waals surface area contributed by atoms with Crippen molar-refractivity contribution in [2.45, 2.75) is 20.4 Å². The number of rotatable bonds is 3. The van der Waals surface area contributed by atoms with E-state index in [0.717, 1.165) is 15.9 Å². The second-order valence-corrected chi connectivity index (χ2v) is 5.70. The summed E-state index contributed by atoms with van der Waals surface area (Å²) < 4.78 is 2.74. The van der Waals surface area contributed by atoms with Gasteiger partial charge in [0, 0.05) is 11.9 Å². The van der Waals surface area contributed by atoms with E-state index >= 15 is 0 Å². The Morgan fingerprint density at radius 3 is 2.95 bits per heavy atom. The third kappa shape index (κ3) is 2.55. The van der Waals surface area contributed by atoms with E-state index in [4.69, 9.17) is 0 Å². The number of aryl methyl sites for hydroxylation is 2. The molecule has 0 saturated carbocycles. The molecule has 0 bridgehead atoms. The van der Waals surface area contributed by atoms with Gasteiger partial charge >= 0.3 is 0 Å². The summed E-state index contributed by atoms with van der Waals surface area (Å²) in [5.41, 5.74) is 3.05. The van der Waals surface area contributed by atoms with Crippen LogP contribution in [0.2, 0.25) is 0 Å². The minimum Gasteiger partial charge on any atom is -0.300 e. The normalized spacial score (nSPS) is 10.9. The SMILES string of the molecule is Cc1ccc2nc(NC(=O)Cn3nccc3C)sc2c1. The van der Waals surface area contributed by atoms with Crippen molar-refractivity contribution in [3.8, 4) is 0 Å². The Balaban J connectivity index is 1.75. The number of hydrogen-bond donors (Lipinski definition) is 1. The summed E-state index contributed by atoms with van der Waals surface area (Å²) in [6.45, 7) is 4.16. The van der Waals surface area contributed by atoms with E-state index in [9.17, 15) is 4.79 Å². The van der Waals surface area contributed by atoms with Crippen molar-refractivity contribution < 1.29 is 4.79 Å². The molecule has 0 saturated heterocycles. The van der Waals surface area contributed by atoms with E-state index in [-0.39, 0.29) is 12.5 Å². The number of thiazole rings is 1. The van der Waals surface area contributed by atoms with Gasteiger partial charge in [0.15, 0.2) is 5.13 Å². The lowest BCUT2D eigenvalue weighted by Crippen LogP contribution is -2.20. The first kappa shape index (κ1) is 12.8. The molecule has 5 nitrogen and oxygen atoms in total. The number of fused-ring (bicyclic) bond motifs is 1. The van der Waals surface area contributed by atoms with Gasteiger partial charge in [0.25, 0.3) is 0 Å². The van der Waals surface area contributed by atoms with Crippen LogP contribution in [0.15, 0.2) is 30.5 Å². The van der Waals surface area contributed by atoms with Gasteiger partial charge in [0.2, 0.25) is 5.91 Å². The van der Waals surface area contributed by atoms with Crippen LogP contribution in [-0.2, 0) is 11.3 Å². The monoisotopic (exact) mass is 286 g/mol. The van der Waals surface area contributed by atoms with Crippen LogP contribution < -0.4 is 5.32 Å². The lowest BCUT2D eigenvalue weighted by molar-refractivity contribution is -0.116. The quantitative estimate of drug-likeness (QED) is 0.805. The van der Waals surface area contributed by atoms with Crippen molar-refractivity contribution >= 4 is 32.6 Å². The smallest absolute Gasteiger partial charge is 0.247 e. The largest absolute Gasteiger partial charge is 0.300 e. The average molecular weight is 286 g/mol. The molecule has 1 amide bonds. The highest BCUT2D eigenvalue weighted by Crippen LogP contribution is 2.26. The molecule has 0 aliphatic heterocycles. The Kier molecular flexibility index (Phi) is 3.23. The van der Waals surface area contributed by atoms with Crippen LogP contribution in [0.5, 0.6) is 0 Å². The molecule has 0 radical (unpaired) electrons. The Labute approximate surface area is 120 Å². The van der Waals surface area contributed by atoms with E-state index in [2.05, 4.69) is 21.5 Å². The molecule has 20 heavy (non-hydrogen) atoms. The minimum absolute atomic E-state index is 0.118. The minimum atomic E-state index is -0.118. The Bertz CT molecular complexity index is 774. The second-order valence-electron chi connectivity index (χ2n) is 4.67. The first-order valence-electron chi connectivity index (χ1n) is 6.27. The highest BCUT2D eigenvalue weighted by Gasteiger charge is 2.09. The van der Waals surface area contributed by atoms with E-state index < -0.39 is 0 Å². The van der Waals surface area contributed by atoms with Crippen molar-refractivity contribution in [1.29, 1.82) is 0 Å². The summed E-state index contributed by atoms with van der Waals surface area (Å²) in [4.78, 5) is 16.4. The van der Waals surface area contributed by atoms with Gasteiger partial charge in [-0.2, -0.15) is 5.10 Å². The number of amides is 1. The molecule has 0 fully saturated rings. The van der Waals surface area contributed by atoms with Crippen LogP contribution in [0.3, 0.4) is 0 Å². The number of aromatic nitrogens is 3. The summed E-state index contributed by atoms with van der Waals surface area (Å²) in [7, 11) is 0. The maximum absolute atomic E-state index is 12.0. The molecule has 3 rings (SSSR count). The third-order valence-corrected chi connectivity index (χ3v) is 3.95. The summed E-state index contributed by atoms with van der Waals surface area (Å²) in [6.07, 6.45) is 1.68. The number of hydrogen-bond acceptors (Lipinski definition) is 4. The summed E-state index contributed by atoms with van der Waals surface area (Å²) in [5.74, 6) is -0.118. The molecule has 1 N–H and O–H groups in total. The Hall–Kier alpha value is -2.21. The fraction of sp³-hybridized carbons (Fsp3) is 0.214. The predicted molar refractivity (Wildman–Crippen MR) is 80.0 cm³/mol. The highest BCUT2D eigenvalue weighted by atomic mass is 32.1. The number of nitrogens with one attached hydrogen (secondary N) is 1. The van der Waals surface area contributed by atoms with E-state index in [1.807, 2.05) is 32.0 Å². The number of carbonyl (C=O) groups excluding carboxylic acids is 1. The number of benzene rings is 1. The summed E-state index contributed by atoms with van der Waals surface area (Å²) >= 11 is 1.48. The predicted octanol–water partition coefficient (Wildman–Crippen LogP) is 2.75. The van der Waals surface area contributed by atoms with Crippen molar-refractivity contribution in [2.24, 2.45) is 0 Å². The standard InChI is InChI=1S/C14H14N4OS/c1-9-3-4-11-12(7-9)20-14(16-11)17-13(19)8-18-10(2)5-6-15-18/h3-7H,8H2,1-2H3,(H,16,17,19). The Morgan fingerprint density at radius 1 is 1.35 bits per heavy atom. The molecule has 3 aromatic rings.